The highest BCUT2D eigenvalue weighted by Gasteiger charge is 2.21. The Bertz CT molecular complexity index is 652. The second-order valence-corrected chi connectivity index (χ2v) is 13.6. The summed E-state index contributed by atoms with van der Waals surface area (Å²) in [6.07, 6.45) is 31.2. The van der Waals surface area contributed by atoms with Gasteiger partial charge < -0.3 is 28.7 Å². The van der Waals surface area contributed by atoms with E-state index in [1.807, 2.05) is 4.90 Å². The first kappa shape index (κ1) is 46.8. The molecule has 0 aromatic heterocycles. The second-order valence-electron chi connectivity index (χ2n) is 13.6. The Hall–Kier alpha value is -1.22. The molecule has 0 aliphatic carbocycles. The van der Waals surface area contributed by atoms with E-state index in [0.717, 1.165) is 38.8 Å². The molecule has 0 aliphatic rings. The SMILES string of the molecule is CCCCCCCCCCCCCCN(CCCCCCCCCCCCCC)C(=O)CN(CCOCCOC)C(=O)COCCOC. The number of carbonyl (C=O) groups excluding carboxylic acids is 2. The van der Waals surface area contributed by atoms with E-state index in [1.54, 1.807) is 19.1 Å². The van der Waals surface area contributed by atoms with Crippen LogP contribution in [0.15, 0.2) is 0 Å². The van der Waals surface area contributed by atoms with Crippen LogP contribution in [0.25, 0.3) is 0 Å². The molecule has 0 bridgehead atoms. The van der Waals surface area contributed by atoms with Gasteiger partial charge in [-0.3, -0.25) is 9.59 Å². The third-order valence-corrected chi connectivity index (χ3v) is 9.19. The number of amides is 2. The molecule has 0 aromatic rings. The maximum absolute atomic E-state index is 13.6. The number of methoxy groups -OCH3 is 2. The highest BCUT2D eigenvalue weighted by atomic mass is 16.5. The molecule has 0 heterocycles. The molecule has 0 aromatic carbocycles. The van der Waals surface area contributed by atoms with Crippen molar-refractivity contribution in [1.82, 2.24) is 9.80 Å². The lowest BCUT2D eigenvalue weighted by Crippen LogP contribution is -2.46. The minimum Gasteiger partial charge on any atom is -0.382 e. The molecule has 0 rings (SSSR count). The van der Waals surface area contributed by atoms with Crippen LogP contribution in [0.5, 0.6) is 0 Å². The highest BCUT2D eigenvalue weighted by molar-refractivity contribution is 5.85. The quantitative estimate of drug-likeness (QED) is 0.0601. The van der Waals surface area contributed by atoms with Gasteiger partial charge >= 0.3 is 0 Å². The minimum absolute atomic E-state index is 0.0308. The van der Waals surface area contributed by atoms with E-state index in [2.05, 4.69) is 13.8 Å². The number of hydrogen-bond donors (Lipinski definition) is 0. The van der Waals surface area contributed by atoms with Crippen LogP contribution in [-0.2, 0) is 28.5 Å². The monoisotopic (exact) mass is 685 g/mol. The first-order chi connectivity index (χ1) is 23.6. The zero-order valence-corrected chi connectivity index (χ0v) is 32.4. The summed E-state index contributed by atoms with van der Waals surface area (Å²) >= 11 is 0. The van der Waals surface area contributed by atoms with Crippen molar-refractivity contribution in [3.8, 4) is 0 Å². The summed E-state index contributed by atoms with van der Waals surface area (Å²) in [6, 6.07) is 0. The van der Waals surface area contributed by atoms with Gasteiger partial charge in [0.25, 0.3) is 0 Å². The first-order valence-electron chi connectivity index (χ1n) is 20.3. The number of rotatable bonds is 39. The van der Waals surface area contributed by atoms with Gasteiger partial charge in [0.05, 0.1) is 39.6 Å². The van der Waals surface area contributed by atoms with Gasteiger partial charge in [-0.2, -0.15) is 0 Å². The van der Waals surface area contributed by atoms with Crippen molar-refractivity contribution in [2.75, 3.05) is 80.0 Å². The fraction of sp³-hybridized carbons (Fsp3) is 0.950. The number of carbonyl (C=O) groups is 2. The zero-order chi connectivity index (χ0) is 35.2. The lowest BCUT2D eigenvalue weighted by atomic mass is 10.0. The van der Waals surface area contributed by atoms with Gasteiger partial charge in [0.2, 0.25) is 11.8 Å². The summed E-state index contributed by atoms with van der Waals surface area (Å²) in [4.78, 5) is 30.3. The predicted octanol–water partition coefficient (Wildman–Crippen LogP) is 9.37. The average Bonchev–Trinajstić information content (AvgIpc) is 3.09. The number of ether oxygens (including phenoxy) is 4. The van der Waals surface area contributed by atoms with Crippen molar-refractivity contribution in [3.63, 3.8) is 0 Å². The van der Waals surface area contributed by atoms with Crippen molar-refractivity contribution in [3.05, 3.63) is 0 Å². The molecule has 48 heavy (non-hydrogen) atoms. The van der Waals surface area contributed by atoms with Gasteiger partial charge in [-0.1, -0.05) is 155 Å². The van der Waals surface area contributed by atoms with Gasteiger partial charge in [0, 0.05) is 33.9 Å². The molecule has 0 atom stereocenters. The fourth-order valence-electron chi connectivity index (χ4n) is 6.02. The molecule has 286 valence electrons. The molecule has 0 unspecified atom stereocenters. The third-order valence-electron chi connectivity index (χ3n) is 9.19. The molecule has 0 fully saturated rings. The topological polar surface area (TPSA) is 77.5 Å². The van der Waals surface area contributed by atoms with Crippen LogP contribution in [0.2, 0.25) is 0 Å². The lowest BCUT2D eigenvalue weighted by molar-refractivity contribution is -0.144. The molecule has 0 spiro atoms. The fourth-order valence-corrected chi connectivity index (χ4v) is 6.02. The Labute approximate surface area is 297 Å². The maximum atomic E-state index is 13.6. The molecular formula is C40H80N2O6. The standard InChI is InChI=1S/C40H80N2O6/c1-5-7-9-11-13-15-17-19-21-23-25-27-29-41(30-28-26-24-22-20-18-16-14-12-10-8-6-2)39(43)37-42(31-32-47-35-33-45-3)40(44)38-48-36-34-46-4/h5-38H2,1-4H3. The number of nitrogens with zero attached hydrogens (tertiary/aromatic N) is 2. The Morgan fingerprint density at radius 3 is 1.17 bits per heavy atom. The smallest absolute Gasteiger partial charge is 0.249 e. The van der Waals surface area contributed by atoms with E-state index in [-0.39, 0.29) is 25.0 Å². The predicted molar refractivity (Wildman–Crippen MR) is 201 cm³/mol. The van der Waals surface area contributed by atoms with Crippen molar-refractivity contribution in [1.29, 1.82) is 0 Å². The van der Waals surface area contributed by atoms with E-state index in [0.29, 0.717) is 39.6 Å². The van der Waals surface area contributed by atoms with Crippen molar-refractivity contribution >= 4 is 11.8 Å². The number of unbranched alkanes of at least 4 members (excludes halogenated alkanes) is 22. The zero-order valence-electron chi connectivity index (χ0n) is 32.4. The Balaban J connectivity index is 4.77. The van der Waals surface area contributed by atoms with E-state index >= 15 is 0 Å². The van der Waals surface area contributed by atoms with E-state index < -0.39 is 0 Å². The summed E-state index contributed by atoms with van der Waals surface area (Å²) < 4.78 is 21.2. The molecule has 0 saturated heterocycles. The molecule has 8 heteroatoms. The minimum atomic E-state index is -0.189. The van der Waals surface area contributed by atoms with Crippen molar-refractivity contribution in [2.24, 2.45) is 0 Å². The molecular weight excluding hydrogens is 604 g/mol. The van der Waals surface area contributed by atoms with Crippen LogP contribution < -0.4 is 0 Å². The Morgan fingerprint density at radius 1 is 0.396 bits per heavy atom. The van der Waals surface area contributed by atoms with Gasteiger partial charge in [-0.05, 0) is 12.8 Å². The van der Waals surface area contributed by atoms with Crippen LogP contribution >= 0.6 is 0 Å². The van der Waals surface area contributed by atoms with Crippen LogP contribution in [-0.4, -0.2) is 102 Å². The van der Waals surface area contributed by atoms with Crippen LogP contribution in [0.3, 0.4) is 0 Å². The molecule has 0 N–H and O–H groups in total. The van der Waals surface area contributed by atoms with Gasteiger partial charge in [0.1, 0.15) is 6.61 Å². The summed E-state index contributed by atoms with van der Waals surface area (Å²) in [5.74, 6) is -0.159. The molecule has 8 nitrogen and oxygen atoms in total. The summed E-state index contributed by atoms with van der Waals surface area (Å²) in [5, 5.41) is 0. The highest BCUT2D eigenvalue weighted by Crippen LogP contribution is 2.14. The Morgan fingerprint density at radius 2 is 0.771 bits per heavy atom. The summed E-state index contributed by atoms with van der Waals surface area (Å²) in [5.41, 5.74) is 0. The summed E-state index contributed by atoms with van der Waals surface area (Å²) in [7, 11) is 3.24. The third kappa shape index (κ3) is 32.0. The summed E-state index contributed by atoms with van der Waals surface area (Å²) in [6.45, 7) is 8.53. The molecule has 0 saturated carbocycles. The van der Waals surface area contributed by atoms with Gasteiger partial charge in [-0.15, -0.1) is 0 Å². The lowest BCUT2D eigenvalue weighted by Gasteiger charge is -2.28. The van der Waals surface area contributed by atoms with Crippen molar-refractivity contribution in [2.45, 2.75) is 168 Å². The second kappa shape index (κ2) is 38.6. The molecule has 2 amide bonds. The molecule has 0 radical (unpaired) electrons. The average molecular weight is 685 g/mol. The van der Waals surface area contributed by atoms with Crippen molar-refractivity contribution < 1.29 is 28.5 Å². The van der Waals surface area contributed by atoms with Gasteiger partial charge in [-0.25, -0.2) is 0 Å². The van der Waals surface area contributed by atoms with E-state index in [4.69, 9.17) is 18.9 Å². The van der Waals surface area contributed by atoms with E-state index in [9.17, 15) is 9.59 Å². The Kier molecular flexibility index (Phi) is 37.6. The number of hydrogen-bond acceptors (Lipinski definition) is 6. The van der Waals surface area contributed by atoms with Crippen LogP contribution in [0.1, 0.15) is 168 Å². The van der Waals surface area contributed by atoms with Gasteiger partial charge in [0.15, 0.2) is 0 Å². The van der Waals surface area contributed by atoms with Crippen LogP contribution in [0, 0.1) is 0 Å². The normalized spacial score (nSPS) is 11.3. The van der Waals surface area contributed by atoms with E-state index in [1.165, 1.54) is 128 Å². The largest absolute Gasteiger partial charge is 0.382 e. The maximum Gasteiger partial charge on any atom is 0.249 e. The van der Waals surface area contributed by atoms with Crippen LogP contribution in [0.4, 0.5) is 0 Å². The molecule has 0 aliphatic heterocycles. The first-order valence-corrected chi connectivity index (χ1v) is 20.3.